The van der Waals surface area contributed by atoms with Crippen molar-refractivity contribution < 1.29 is 9.59 Å². The van der Waals surface area contributed by atoms with Crippen LogP contribution in [0.5, 0.6) is 0 Å². The van der Waals surface area contributed by atoms with Crippen molar-refractivity contribution in [1.29, 1.82) is 0 Å². The summed E-state index contributed by atoms with van der Waals surface area (Å²) in [4.78, 5) is 29.4. The Morgan fingerprint density at radius 1 is 0.964 bits per heavy atom. The number of thiocarbonyl (C=S) groups is 1. The number of nitrogens with zero attached hydrogens (tertiary/aromatic N) is 2. The minimum atomic E-state index is -0.287. The van der Waals surface area contributed by atoms with Gasteiger partial charge in [0.25, 0.3) is 11.8 Å². The third-order valence-corrected chi connectivity index (χ3v) is 5.69. The number of piperazine rings is 1. The Balaban J connectivity index is 1.69. The fraction of sp³-hybridized carbons (Fsp3) is 0.250. The molecule has 0 unspecified atom stereocenters. The average Bonchev–Trinajstić information content (AvgIpc) is 2.68. The fourth-order valence-corrected chi connectivity index (χ4v) is 3.76. The maximum atomic E-state index is 12.9. The van der Waals surface area contributed by atoms with Crippen molar-refractivity contribution in [3.63, 3.8) is 0 Å². The standard InChI is InChI=1S/C20H21IN4O2S/c1-24-10-12-25(13-11-24)19(27)15-7-3-5-9-17(15)22-20(28)23-18(26)14-6-2-4-8-16(14)21/h2-9H,10-13H2,1H3,(H2,22,23,26,28). The number of carbonyl (C=O) groups excluding carboxylic acids is 2. The molecule has 6 nitrogen and oxygen atoms in total. The van der Waals surface area contributed by atoms with E-state index in [0.29, 0.717) is 29.9 Å². The van der Waals surface area contributed by atoms with Gasteiger partial charge in [0.05, 0.1) is 16.8 Å². The maximum Gasteiger partial charge on any atom is 0.258 e. The van der Waals surface area contributed by atoms with Gasteiger partial charge >= 0.3 is 0 Å². The van der Waals surface area contributed by atoms with Gasteiger partial charge < -0.3 is 15.1 Å². The number of likely N-dealkylation sites (N-methyl/N-ethyl adjacent to an activating group) is 1. The van der Waals surface area contributed by atoms with E-state index in [1.165, 1.54) is 0 Å². The Morgan fingerprint density at radius 2 is 1.57 bits per heavy atom. The number of nitrogens with one attached hydrogen (secondary N) is 2. The monoisotopic (exact) mass is 508 g/mol. The first kappa shape index (κ1) is 20.7. The third-order valence-electron chi connectivity index (χ3n) is 4.54. The van der Waals surface area contributed by atoms with Crippen LogP contribution in [0, 0.1) is 3.57 Å². The minimum Gasteiger partial charge on any atom is -0.336 e. The minimum absolute atomic E-state index is 0.0389. The SMILES string of the molecule is CN1CCN(C(=O)c2ccccc2NC(=S)NC(=O)c2ccccc2I)CC1. The molecule has 1 aliphatic heterocycles. The zero-order valence-electron chi connectivity index (χ0n) is 15.4. The van der Waals surface area contributed by atoms with Crippen molar-refractivity contribution in [3.05, 3.63) is 63.2 Å². The second-order valence-electron chi connectivity index (χ2n) is 6.53. The Morgan fingerprint density at radius 3 is 2.25 bits per heavy atom. The van der Waals surface area contributed by atoms with Crippen LogP contribution in [0.2, 0.25) is 0 Å². The van der Waals surface area contributed by atoms with Gasteiger partial charge in [0.15, 0.2) is 5.11 Å². The van der Waals surface area contributed by atoms with Gasteiger partial charge in [-0.15, -0.1) is 0 Å². The first-order valence-electron chi connectivity index (χ1n) is 8.89. The van der Waals surface area contributed by atoms with Crippen LogP contribution in [-0.4, -0.2) is 60.0 Å². The van der Waals surface area contributed by atoms with Crippen molar-refractivity contribution in [3.8, 4) is 0 Å². The predicted molar refractivity (Wildman–Crippen MR) is 123 cm³/mol. The molecule has 2 aromatic rings. The number of hydrogen-bond donors (Lipinski definition) is 2. The van der Waals surface area contributed by atoms with Crippen molar-refractivity contribution in [2.24, 2.45) is 0 Å². The number of benzene rings is 2. The highest BCUT2D eigenvalue weighted by Crippen LogP contribution is 2.18. The van der Waals surface area contributed by atoms with E-state index in [1.54, 1.807) is 24.3 Å². The van der Waals surface area contributed by atoms with E-state index < -0.39 is 0 Å². The molecular weight excluding hydrogens is 487 g/mol. The summed E-state index contributed by atoms with van der Waals surface area (Å²) in [6.07, 6.45) is 0. The number of para-hydroxylation sites is 1. The van der Waals surface area contributed by atoms with Crippen LogP contribution in [0.25, 0.3) is 0 Å². The molecule has 1 fully saturated rings. The second-order valence-corrected chi connectivity index (χ2v) is 8.10. The molecule has 0 aliphatic carbocycles. The smallest absolute Gasteiger partial charge is 0.258 e. The molecule has 3 rings (SSSR count). The number of halogens is 1. The predicted octanol–water partition coefficient (Wildman–Crippen LogP) is 2.81. The van der Waals surface area contributed by atoms with Crippen LogP contribution in [0.1, 0.15) is 20.7 Å². The molecule has 1 aliphatic rings. The number of amides is 2. The van der Waals surface area contributed by atoms with Crippen molar-refractivity contribution >= 4 is 57.4 Å². The van der Waals surface area contributed by atoms with E-state index in [4.69, 9.17) is 12.2 Å². The lowest BCUT2D eigenvalue weighted by molar-refractivity contribution is 0.0665. The summed E-state index contributed by atoms with van der Waals surface area (Å²) in [5, 5.41) is 5.84. The number of rotatable bonds is 3. The van der Waals surface area contributed by atoms with E-state index in [1.807, 2.05) is 36.2 Å². The Bertz CT molecular complexity index is 897. The largest absolute Gasteiger partial charge is 0.336 e. The van der Waals surface area contributed by atoms with E-state index in [9.17, 15) is 9.59 Å². The van der Waals surface area contributed by atoms with Gasteiger partial charge in [-0.3, -0.25) is 14.9 Å². The topological polar surface area (TPSA) is 64.7 Å². The van der Waals surface area contributed by atoms with Gasteiger partial charge in [-0.25, -0.2) is 0 Å². The molecule has 8 heteroatoms. The molecule has 0 bridgehead atoms. The Kier molecular flexibility index (Phi) is 6.97. The summed E-state index contributed by atoms with van der Waals surface area (Å²) in [7, 11) is 2.05. The Labute approximate surface area is 183 Å². The lowest BCUT2D eigenvalue weighted by Gasteiger charge is -2.32. The number of hydrogen-bond acceptors (Lipinski definition) is 4. The maximum absolute atomic E-state index is 12.9. The van der Waals surface area contributed by atoms with Crippen molar-refractivity contribution in [2.75, 3.05) is 38.5 Å². The van der Waals surface area contributed by atoms with Gasteiger partial charge in [-0.1, -0.05) is 24.3 Å². The molecule has 1 heterocycles. The molecule has 0 saturated carbocycles. The summed E-state index contributed by atoms with van der Waals surface area (Å²) in [5.74, 6) is -0.326. The highest BCUT2D eigenvalue weighted by Gasteiger charge is 2.22. The van der Waals surface area contributed by atoms with Gasteiger partial charge in [0, 0.05) is 29.7 Å². The lowest BCUT2D eigenvalue weighted by atomic mass is 10.1. The zero-order valence-corrected chi connectivity index (χ0v) is 18.4. The first-order valence-corrected chi connectivity index (χ1v) is 10.4. The third kappa shape index (κ3) is 5.06. The van der Waals surface area contributed by atoms with Crippen molar-refractivity contribution in [1.82, 2.24) is 15.1 Å². The van der Waals surface area contributed by atoms with Crippen LogP contribution in [0.15, 0.2) is 48.5 Å². The molecule has 0 radical (unpaired) electrons. The van der Waals surface area contributed by atoms with Gasteiger partial charge in [-0.2, -0.15) is 0 Å². The van der Waals surface area contributed by atoms with Crippen LogP contribution in [0.4, 0.5) is 5.69 Å². The van der Waals surface area contributed by atoms with E-state index in [2.05, 4.69) is 38.1 Å². The molecule has 0 aromatic heterocycles. The van der Waals surface area contributed by atoms with Gasteiger partial charge in [0.1, 0.15) is 0 Å². The molecule has 28 heavy (non-hydrogen) atoms. The zero-order chi connectivity index (χ0) is 20.1. The van der Waals surface area contributed by atoms with Crippen LogP contribution >= 0.6 is 34.8 Å². The summed E-state index contributed by atoms with van der Waals surface area (Å²) in [5.41, 5.74) is 1.67. The lowest BCUT2D eigenvalue weighted by Crippen LogP contribution is -2.47. The molecule has 1 saturated heterocycles. The van der Waals surface area contributed by atoms with Crippen LogP contribution in [-0.2, 0) is 0 Å². The Hall–Kier alpha value is -2.04. The van der Waals surface area contributed by atoms with Gasteiger partial charge in [0.2, 0.25) is 0 Å². The normalized spacial score (nSPS) is 14.4. The fourth-order valence-electron chi connectivity index (χ4n) is 2.93. The summed E-state index contributed by atoms with van der Waals surface area (Å²) in [6.45, 7) is 3.09. The quantitative estimate of drug-likeness (QED) is 0.494. The van der Waals surface area contributed by atoms with E-state index >= 15 is 0 Å². The first-order chi connectivity index (χ1) is 13.5. The molecule has 0 spiro atoms. The number of anilines is 1. The molecule has 2 amide bonds. The highest BCUT2D eigenvalue weighted by molar-refractivity contribution is 14.1. The summed E-state index contributed by atoms with van der Waals surface area (Å²) < 4.78 is 0.839. The molecule has 0 atom stereocenters. The molecule has 146 valence electrons. The molecule has 2 N–H and O–H groups in total. The average molecular weight is 508 g/mol. The van der Waals surface area contributed by atoms with Crippen molar-refractivity contribution in [2.45, 2.75) is 0 Å². The van der Waals surface area contributed by atoms with E-state index in [-0.39, 0.29) is 16.9 Å². The highest BCUT2D eigenvalue weighted by atomic mass is 127. The molecule has 2 aromatic carbocycles. The van der Waals surface area contributed by atoms with E-state index in [0.717, 1.165) is 16.7 Å². The second kappa shape index (κ2) is 9.44. The summed E-state index contributed by atoms with van der Waals surface area (Å²) in [6, 6.07) is 14.5. The van der Waals surface area contributed by atoms with Gasteiger partial charge in [-0.05, 0) is 66.1 Å². The van der Waals surface area contributed by atoms with Crippen LogP contribution < -0.4 is 10.6 Å². The number of carbonyl (C=O) groups is 2. The van der Waals surface area contributed by atoms with Crippen LogP contribution in [0.3, 0.4) is 0 Å². The summed E-state index contributed by atoms with van der Waals surface area (Å²) >= 11 is 7.40. The molecular formula is C20H21IN4O2S.